The van der Waals surface area contributed by atoms with Gasteiger partial charge in [0.25, 0.3) is 0 Å². The quantitative estimate of drug-likeness (QED) is 0.580. The van der Waals surface area contributed by atoms with Crippen LogP contribution in [-0.4, -0.2) is 30.7 Å². The molecule has 0 radical (unpaired) electrons. The normalized spacial score (nSPS) is 12.7. The highest BCUT2D eigenvalue weighted by Gasteiger charge is 2.23. The number of benzene rings is 2. The first-order valence-electron chi connectivity index (χ1n) is 9.65. The Morgan fingerprint density at radius 2 is 1.48 bits per heavy atom. The van der Waals surface area contributed by atoms with Crippen LogP contribution in [0.1, 0.15) is 66.0 Å². The van der Waals surface area contributed by atoms with Gasteiger partial charge in [-0.15, -0.1) is 0 Å². The molecule has 0 bridgehead atoms. The molecule has 0 spiro atoms. The number of carbonyl (C=O) groups is 2. The minimum absolute atomic E-state index is 0.0776. The highest BCUT2D eigenvalue weighted by molar-refractivity contribution is 5.96. The first-order valence-corrected chi connectivity index (χ1v) is 9.65. The number of hydrogen-bond donors (Lipinski definition) is 1. The molecule has 2 aromatic rings. The van der Waals surface area contributed by atoms with E-state index in [0.717, 1.165) is 59.6 Å². The van der Waals surface area contributed by atoms with Gasteiger partial charge in [0.2, 0.25) is 0 Å². The number of anilines is 2. The van der Waals surface area contributed by atoms with Gasteiger partial charge in [0.05, 0.1) is 0 Å². The van der Waals surface area contributed by atoms with Crippen LogP contribution in [-0.2, 0) is 6.42 Å². The summed E-state index contributed by atoms with van der Waals surface area (Å²) in [6, 6.07) is 12.4. The van der Waals surface area contributed by atoms with E-state index in [0.29, 0.717) is 6.04 Å². The standard InChI is InChI=1S/C23H28N2O2/c1-15(2)24-10-5-11-25-22-8-6-18(16(3)26)12-20(22)14-21-13-19(17(4)27)7-9-23(21)25/h6-9,12-13,15,24H,5,10-11,14H2,1-4H3. The molecule has 0 aliphatic carbocycles. The molecule has 0 saturated heterocycles. The Bertz CT molecular complexity index is 807. The molecule has 1 aliphatic heterocycles. The summed E-state index contributed by atoms with van der Waals surface area (Å²) < 4.78 is 0. The van der Waals surface area contributed by atoms with Crippen LogP contribution in [0.5, 0.6) is 0 Å². The third kappa shape index (κ3) is 4.28. The number of nitrogens with zero attached hydrogens (tertiary/aromatic N) is 1. The number of nitrogens with one attached hydrogen (secondary N) is 1. The second-order valence-corrected chi connectivity index (χ2v) is 7.59. The van der Waals surface area contributed by atoms with E-state index in [1.165, 1.54) is 0 Å². The average molecular weight is 364 g/mol. The van der Waals surface area contributed by atoms with E-state index in [1.807, 2.05) is 24.3 Å². The molecule has 142 valence electrons. The van der Waals surface area contributed by atoms with Crippen molar-refractivity contribution in [3.05, 3.63) is 58.7 Å². The predicted molar refractivity (Wildman–Crippen MR) is 110 cm³/mol. The molecule has 0 atom stereocenters. The fourth-order valence-electron chi connectivity index (χ4n) is 3.62. The second kappa shape index (κ2) is 8.05. The second-order valence-electron chi connectivity index (χ2n) is 7.59. The van der Waals surface area contributed by atoms with Crippen molar-refractivity contribution in [2.75, 3.05) is 18.0 Å². The summed E-state index contributed by atoms with van der Waals surface area (Å²) in [5.74, 6) is 0.155. The first-order chi connectivity index (χ1) is 12.9. The predicted octanol–water partition coefficient (Wildman–Crippen LogP) is 4.52. The van der Waals surface area contributed by atoms with E-state index < -0.39 is 0 Å². The summed E-state index contributed by atoms with van der Waals surface area (Å²) in [5, 5.41) is 3.47. The number of ketones is 2. The topological polar surface area (TPSA) is 49.4 Å². The van der Waals surface area contributed by atoms with Gasteiger partial charge in [-0.1, -0.05) is 13.8 Å². The Kier molecular flexibility index (Phi) is 5.76. The van der Waals surface area contributed by atoms with Gasteiger partial charge < -0.3 is 10.2 Å². The van der Waals surface area contributed by atoms with E-state index in [1.54, 1.807) is 13.8 Å². The lowest BCUT2D eigenvalue weighted by Gasteiger charge is -2.34. The molecule has 4 heteroatoms. The fraction of sp³-hybridized carbons (Fsp3) is 0.391. The lowest BCUT2D eigenvalue weighted by Crippen LogP contribution is -2.29. The largest absolute Gasteiger partial charge is 0.341 e. The van der Waals surface area contributed by atoms with Gasteiger partial charge in [-0.25, -0.2) is 0 Å². The summed E-state index contributed by atoms with van der Waals surface area (Å²) >= 11 is 0. The van der Waals surface area contributed by atoms with Gasteiger partial charge in [0.1, 0.15) is 0 Å². The highest BCUT2D eigenvalue weighted by Crippen LogP contribution is 2.39. The minimum Gasteiger partial charge on any atom is -0.341 e. The smallest absolute Gasteiger partial charge is 0.159 e. The molecule has 0 aromatic heterocycles. The number of Topliss-reactive ketones (excluding diaryl/α,β-unsaturated/α-hetero) is 2. The van der Waals surface area contributed by atoms with Gasteiger partial charge in [-0.05, 0) is 74.3 Å². The van der Waals surface area contributed by atoms with Gasteiger partial charge >= 0.3 is 0 Å². The number of fused-ring (bicyclic) bond motifs is 2. The maximum absolute atomic E-state index is 11.8. The van der Waals surface area contributed by atoms with Crippen molar-refractivity contribution >= 4 is 22.9 Å². The Hall–Kier alpha value is -2.46. The van der Waals surface area contributed by atoms with Crippen LogP contribution in [0.3, 0.4) is 0 Å². The molecular weight excluding hydrogens is 336 g/mol. The van der Waals surface area contributed by atoms with Crippen molar-refractivity contribution in [3.8, 4) is 0 Å². The molecular formula is C23H28N2O2. The van der Waals surface area contributed by atoms with Crippen LogP contribution in [0.4, 0.5) is 11.4 Å². The highest BCUT2D eigenvalue weighted by atomic mass is 16.1. The SMILES string of the molecule is CC(=O)c1ccc2c(c1)Cc1cc(C(C)=O)ccc1N2CCCNC(C)C. The summed E-state index contributed by atoms with van der Waals surface area (Å²) in [4.78, 5) is 25.9. The van der Waals surface area contributed by atoms with Gasteiger partial charge in [0.15, 0.2) is 11.6 Å². The number of carbonyl (C=O) groups excluding carboxylic acids is 2. The van der Waals surface area contributed by atoms with E-state index in [2.05, 4.69) is 36.2 Å². The van der Waals surface area contributed by atoms with Crippen molar-refractivity contribution in [3.63, 3.8) is 0 Å². The molecule has 1 N–H and O–H groups in total. The van der Waals surface area contributed by atoms with Gasteiger partial charge in [-0.2, -0.15) is 0 Å². The summed E-state index contributed by atoms with van der Waals surface area (Å²) in [7, 11) is 0. The molecule has 1 heterocycles. The van der Waals surface area contributed by atoms with Crippen LogP contribution in [0.15, 0.2) is 36.4 Å². The third-order valence-corrected chi connectivity index (χ3v) is 5.05. The summed E-state index contributed by atoms with van der Waals surface area (Å²) in [6.45, 7) is 9.34. The van der Waals surface area contributed by atoms with Gasteiger partial charge in [0, 0.05) is 41.5 Å². The lowest BCUT2D eigenvalue weighted by molar-refractivity contribution is 0.100. The van der Waals surface area contributed by atoms with Crippen molar-refractivity contribution < 1.29 is 9.59 Å². The van der Waals surface area contributed by atoms with Crippen molar-refractivity contribution in [2.24, 2.45) is 0 Å². The zero-order valence-corrected chi connectivity index (χ0v) is 16.6. The van der Waals surface area contributed by atoms with E-state index in [9.17, 15) is 9.59 Å². The Morgan fingerprint density at radius 1 is 0.963 bits per heavy atom. The minimum atomic E-state index is 0.0776. The molecule has 0 fully saturated rings. The van der Waals surface area contributed by atoms with Crippen LogP contribution < -0.4 is 10.2 Å². The van der Waals surface area contributed by atoms with Crippen molar-refractivity contribution in [1.29, 1.82) is 0 Å². The molecule has 3 rings (SSSR count). The van der Waals surface area contributed by atoms with E-state index in [-0.39, 0.29) is 11.6 Å². The Labute approximate surface area is 161 Å². The van der Waals surface area contributed by atoms with Crippen molar-refractivity contribution in [2.45, 2.75) is 46.6 Å². The van der Waals surface area contributed by atoms with E-state index in [4.69, 9.17) is 0 Å². The van der Waals surface area contributed by atoms with Crippen LogP contribution in [0, 0.1) is 0 Å². The Morgan fingerprint density at radius 3 is 1.93 bits per heavy atom. The molecule has 0 unspecified atom stereocenters. The molecule has 4 nitrogen and oxygen atoms in total. The van der Waals surface area contributed by atoms with Crippen LogP contribution >= 0.6 is 0 Å². The van der Waals surface area contributed by atoms with Gasteiger partial charge in [-0.3, -0.25) is 9.59 Å². The average Bonchev–Trinajstić information content (AvgIpc) is 2.62. The summed E-state index contributed by atoms with van der Waals surface area (Å²) in [5.41, 5.74) is 6.09. The molecule has 0 saturated carbocycles. The fourth-order valence-corrected chi connectivity index (χ4v) is 3.62. The zero-order valence-electron chi connectivity index (χ0n) is 16.6. The number of hydrogen-bond acceptors (Lipinski definition) is 4. The molecule has 0 amide bonds. The molecule has 27 heavy (non-hydrogen) atoms. The first kappa shape index (κ1) is 19.3. The third-order valence-electron chi connectivity index (χ3n) is 5.05. The summed E-state index contributed by atoms with van der Waals surface area (Å²) in [6.07, 6.45) is 1.76. The number of rotatable bonds is 7. The molecule has 2 aromatic carbocycles. The van der Waals surface area contributed by atoms with Crippen molar-refractivity contribution in [1.82, 2.24) is 5.32 Å². The van der Waals surface area contributed by atoms with Crippen LogP contribution in [0.2, 0.25) is 0 Å². The molecule has 1 aliphatic rings. The lowest BCUT2D eigenvalue weighted by atomic mass is 9.91. The maximum Gasteiger partial charge on any atom is 0.159 e. The van der Waals surface area contributed by atoms with E-state index >= 15 is 0 Å². The Balaban J connectivity index is 1.96. The zero-order chi connectivity index (χ0) is 19.6. The monoisotopic (exact) mass is 364 g/mol. The van der Waals surface area contributed by atoms with Crippen LogP contribution in [0.25, 0.3) is 0 Å². The maximum atomic E-state index is 11.8.